The fraction of sp³-hybridized carbons (Fsp3) is 0.200. The highest BCUT2D eigenvalue weighted by Crippen LogP contribution is 2.20. The molecule has 0 aliphatic rings. The molecule has 0 amide bonds. The van der Waals surface area contributed by atoms with Gasteiger partial charge in [0, 0.05) is 6.07 Å². The van der Waals surface area contributed by atoms with Crippen molar-refractivity contribution < 1.29 is 8.78 Å². The lowest BCUT2D eigenvalue weighted by Gasteiger charge is -1.98. The van der Waals surface area contributed by atoms with Gasteiger partial charge in [-0.15, -0.1) is 0 Å². The van der Waals surface area contributed by atoms with Crippen LogP contribution in [0.25, 0.3) is 0 Å². The minimum Gasteiger partial charge on any atom is -0.383 e. The summed E-state index contributed by atoms with van der Waals surface area (Å²) in [4.78, 5) is 16.3. The first-order chi connectivity index (χ1) is 5.58. The highest BCUT2D eigenvalue weighted by atomic mass is 32.2. The number of nitrogens with one attached hydrogen (secondary N) is 1. The van der Waals surface area contributed by atoms with Crippen LogP contribution in [-0.2, 0) is 0 Å². The standard InChI is InChI=1S/C5H5F2N3OS/c6-4(7)12-5-9-2(8)1-3(11)10-5/h1,4H,(H3,8,9,10,11). The number of rotatable bonds is 2. The summed E-state index contributed by atoms with van der Waals surface area (Å²) in [6.07, 6.45) is 0. The molecule has 0 radical (unpaired) electrons. The summed E-state index contributed by atoms with van der Waals surface area (Å²) in [7, 11) is 0. The van der Waals surface area contributed by atoms with E-state index in [9.17, 15) is 13.6 Å². The zero-order valence-corrected chi connectivity index (χ0v) is 6.57. The second-order valence-electron chi connectivity index (χ2n) is 1.85. The van der Waals surface area contributed by atoms with Crippen molar-refractivity contribution in [3.63, 3.8) is 0 Å². The zero-order chi connectivity index (χ0) is 9.14. The Bertz CT molecular complexity index is 327. The third kappa shape index (κ3) is 2.50. The number of nitrogens with two attached hydrogens (primary N) is 1. The Kier molecular flexibility index (Phi) is 2.64. The first kappa shape index (κ1) is 8.98. The largest absolute Gasteiger partial charge is 0.383 e. The van der Waals surface area contributed by atoms with E-state index in [2.05, 4.69) is 9.97 Å². The van der Waals surface area contributed by atoms with Crippen LogP contribution in [0.5, 0.6) is 0 Å². The molecule has 0 spiro atoms. The molecular weight excluding hydrogens is 188 g/mol. The van der Waals surface area contributed by atoms with Gasteiger partial charge in [-0.05, 0) is 11.8 Å². The minimum atomic E-state index is -2.62. The van der Waals surface area contributed by atoms with Gasteiger partial charge in [0.25, 0.3) is 11.3 Å². The number of H-pyrrole nitrogens is 1. The molecule has 1 rings (SSSR count). The molecular formula is C5H5F2N3OS. The van der Waals surface area contributed by atoms with E-state index in [0.29, 0.717) is 0 Å². The van der Waals surface area contributed by atoms with Crippen LogP contribution in [-0.4, -0.2) is 15.7 Å². The van der Waals surface area contributed by atoms with E-state index >= 15 is 0 Å². The first-order valence-electron chi connectivity index (χ1n) is 2.89. The Hall–Kier alpha value is -1.11. The number of halogens is 2. The number of hydrogen-bond acceptors (Lipinski definition) is 4. The summed E-state index contributed by atoms with van der Waals surface area (Å²) in [5.41, 5.74) is 4.61. The number of hydrogen-bond donors (Lipinski definition) is 2. The highest BCUT2D eigenvalue weighted by Gasteiger charge is 2.07. The molecule has 0 saturated carbocycles. The molecule has 7 heteroatoms. The van der Waals surface area contributed by atoms with Crippen molar-refractivity contribution in [3.8, 4) is 0 Å². The number of aromatic amines is 1. The van der Waals surface area contributed by atoms with Gasteiger partial charge in [-0.3, -0.25) is 4.79 Å². The topological polar surface area (TPSA) is 71.8 Å². The number of nitrogens with zero attached hydrogens (tertiary/aromatic N) is 1. The summed E-state index contributed by atoms with van der Waals surface area (Å²) in [5.74, 6) is -2.68. The van der Waals surface area contributed by atoms with Crippen molar-refractivity contribution in [2.45, 2.75) is 10.9 Å². The summed E-state index contributed by atoms with van der Waals surface area (Å²) in [5, 5.41) is -0.171. The monoisotopic (exact) mass is 193 g/mol. The normalized spacial score (nSPS) is 10.6. The van der Waals surface area contributed by atoms with Gasteiger partial charge in [0.15, 0.2) is 5.16 Å². The van der Waals surface area contributed by atoms with E-state index in [4.69, 9.17) is 5.73 Å². The Morgan fingerprint density at radius 2 is 2.33 bits per heavy atom. The molecule has 0 aromatic carbocycles. The van der Waals surface area contributed by atoms with E-state index in [1.165, 1.54) is 0 Å². The minimum absolute atomic E-state index is 0.0677. The molecule has 1 heterocycles. The molecule has 0 atom stereocenters. The SMILES string of the molecule is Nc1cc(=O)[nH]c(SC(F)F)n1. The van der Waals surface area contributed by atoms with Crippen LogP contribution in [0.4, 0.5) is 14.6 Å². The van der Waals surface area contributed by atoms with Crippen LogP contribution in [0.15, 0.2) is 16.0 Å². The fourth-order valence-corrected chi connectivity index (χ4v) is 1.08. The number of aromatic nitrogens is 2. The summed E-state index contributed by atoms with van der Waals surface area (Å²) in [6, 6.07) is 1.02. The lowest BCUT2D eigenvalue weighted by molar-refractivity contribution is 0.251. The molecule has 0 fully saturated rings. The molecule has 0 bridgehead atoms. The molecule has 0 saturated heterocycles. The van der Waals surface area contributed by atoms with Crippen molar-refractivity contribution in [1.82, 2.24) is 9.97 Å². The van der Waals surface area contributed by atoms with Crippen molar-refractivity contribution in [1.29, 1.82) is 0 Å². The maximum atomic E-state index is 11.7. The Labute approximate surface area is 70.2 Å². The van der Waals surface area contributed by atoms with Gasteiger partial charge in [-0.2, -0.15) is 8.78 Å². The van der Waals surface area contributed by atoms with E-state index in [1.807, 2.05) is 0 Å². The smallest absolute Gasteiger partial charge is 0.291 e. The van der Waals surface area contributed by atoms with E-state index in [-0.39, 0.29) is 22.7 Å². The average molecular weight is 193 g/mol. The predicted octanol–water partition coefficient (Wildman–Crippen LogP) is 0.667. The Morgan fingerprint density at radius 3 is 2.83 bits per heavy atom. The number of anilines is 1. The first-order valence-corrected chi connectivity index (χ1v) is 3.77. The van der Waals surface area contributed by atoms with Gasteiger partial charge in [-0.1, -0.05) is 0 Å². The lowest BCUT2D eigenvalue weighted by atomic mass is 10.6. The molecule has 1 aromatic heterocycles. The van der Waals surface area contributed by atoms with Gasteiger partial charge in [0.1, 0.15) is 5.82 Å². The van der Waals surface area contributed by atoms with Crippen molar-refractivity contribution >= 4 is 17.6 Å². The van der Waals surface area contributed by atoms with Gasteiger partial charge in [-0.25, -0.2) is 4.98 Å². The Balaban J connectivity index is 2.93. The quantitative estimate of drug-likeness (QED) is 0.534. The molecule has 0 unspecified atom stereocenters. The third-order valence-corrected chi connectivity index (χ3v) is 1.54. The van der Waals surface area contributed by atoms with Gasteiger partial charge < -0.3 is 10.7 Å². The van der Waals surface area contributed by atoms with Gasteiger partial charge in [0.05, 0.1) is 0 Å². The van der Waals surface area contributed by atoms with Crippen molar-refractivity contribution in [2.24, 2.45) is 0 Å². The lowest BCUT2D eigenvalue weighted by Crippen LogP contribution is -2.09. The van der Waals surface area contributed by atoms with Gasteiger partial charge in [0.2, 0.25) is 0 Å². The molecule has 4 nitrogen and oxygen atoms in total. The zero-order valence-electron chi connectivity index (χ0n) is 5.75. The number of thioether (sulfide) groups is 1. The van der Waals surface area contributed by atoms with E-state index in [1.54, 1.807) is 0 Å². The second kappa shape index (κ2) is 3.53. The fourth-order valence-electron chi connectivity index (χ4n) is 0.593. The molecule has 1 aromatic rings. The Morgan fingerprint density at radius 1 is 1.67 bits per heavy atom. The van der Waals surface area contributed by atoms with Gasteiger partial charge >= 0.3 is 0 Å². The molecule has 12 heavy (non-hydrogen) atoms. The third-order valence-electron chi connectivity index (χ3n) is 0.940. The molecule has 66 valence electrons. The van der Waals surface area contributed by atoms with E-state index < -0.39 is 11.3 Å². The second-order valence-corrected chi connectivity index (χ2v) is 2.83. The summed E-state index contributed by atoms with van der Waals surface area (Å²) >= 11 is 0.147. The van der Waals surface area contributed by atoms with Crippen LogP contribution >= 0.6 is 11.8 Å². The molecule has 0 aliphatic heterocycles. The van der Waals surface area contributed by atoms with Crippen LogP contribution in [0.2, 0.25) is 0 Å². The van der Waals surface area contributed by atoms with Crippen LogP contribution in [0.3, 0.4) is 0 Å². The molecule has 0 aliphatic carbocycles. The highest BCUT2D eigenvalue weighted by molar-refractivity contribution is 7.99. The predicted molar refractivity (Wildman–Crippen MR) is 41.1 cm³/mol. The summed E-state index contributed by atoms with van der Waals surface area (Å²) < 4.78 is 23.5. The van der Waals surface area contributed by atoms with Crippen LogP contribution in [0, 0.1) is 0 Å². The number of alkyl halides is 2. The van der Waals surface area contributed by atoms with Crippen LogP contribution < -0.4 is 11.3 Å². The van der Waals surface area contributed by atoms with Crippen molar-refractivity contribution in [2.75, 3.05) is 5.73 Å². The van der Waals surface area contributed by atoms with E-state index in [0.717, 1.165) is 6.07 Å². The maximum Gasteiger partial charge on any atom is 0.291 e. The number of nitrogen functional groups attached to an aromatic ring is 1. The maximum absolute atomic E-state index is 11.7. The molecule has 3 N–H and O–H groups in total. The van der Waals surface area contributed by atoms with Crippen molar-refractivity contribution in [3.05, 3.63) is 16.4 Å². The van der Waals surface area contributed by atoms with Crippen LogP contribution in [0.1, 0.15) is 0 Å². The summed E-state index contributed by atoms with van der Waals surface area (Å²) in [6.45, 7) is 0. The average Bonchev–Trinajstić information content (AvgIpc) is 1.81.